The summed E-state index contributed by atoms with van der Waals surface area (Å²) >= 11 is 0. The van der Waals surface area contributed by atoms with Crippen molar-refractivity contribution in [3.63, 3.8) is 0 Å². The average Bonchev–Trinajstić information content (AvgIpc) is 3.56. The van der Waals surface area contributed by atoms with Crippen LogP contribution >= 0.6 is 0 Å². The van der Waals surface area contributed by atoms with Gasteiger partial charge < -0.3 is 33.9 Å². The lowest BCUT2D eigenvalue weighted by Crippen LogP contribution is -2.38. The molecule has 0 aromatic carbocycles. The molecule has 5 fully saturated rings. The molecule has 5 heterocycles. The predicted molar refractivity (Wildman–Crippen MR) is 122 cm³/mol. The third kappa shape index (κ3) is 5.30. The van der Waals surface area contributed by atoms with Crippen molar-refractivity contribution in [1.29, 1.82) is 0 Å². The van der Waals surface area contributed by atoms with Crippen molar-refractivity contribution in [2.24, 2.45) is 0 Å². The van der Waals surface area contributed by atoms with Crippen molar-refractivity contribution < 1.29 is 33.9 Å². The van der Waals surface area contributed by atoms with Crippen LogP contribution in [0.5, 0.6) is 0 Å². The van der Waals surface area contributed by atoms with Gasteiger partial charge in [-0.1, -0.05) is 0 Å². The van der Waals surface area contributed by atoms with Crippen LogP contribution in [0, 0.1) is 0 Å². The second kappa shape index (κ2) is 9.30. The molecule has 5 aliphatic heterocycles. The molecular formula is C26H44O7. The molecule has 7 nitrogen and oxygen atoms in total. The largest absolute Gasteiger partial charge is 0.388 e. The van der Waals surface area contributed by atoms with E-state index < -0.39 is 11.2 Å². The maximum Gasteiger partial charge on any atom is 0.0862 e. The van der Waals surface area contributed by atoms with E-state index in [1.54, 1.807) is 0 Å². The summed E-state index contributed by atoms with van der Waals surface area (Å²) in [6.45, 7) is 7.30. The van der Waals surface area contributed by atoms with Crippen molar-refractivity contribution in [3.8, 4) is 0 Å². The molecule has 0 radical (unpaired) electrons. The Morgan fingerprint density at radius 2 is 0.606 bits per heavy atom. The van der Waals surface area contributed by atoms with E-state index in [0.29, 0.717) is 0 Å². The molecule has 5 saturated heterocycles. The van der Waals surface area contributed by atoms with Crippen LogP contribution < -0.4 is 0 Å². The van der Waals surface area contributed by atoms with Gasteiger partial charge in [-0.3, -0.25) is 0 Å². The molecule has 0 amide bonds. The van der Waals surface area contributed by atoms with Gasteiger partial charge in [0.2, 0.25) is 0 Å². The maximum atomic E-state index is 10.3. The van der Waals surface area contributed by atoms with Gasteiger partial charge in [-0.2, -0.15) is 0 Å². The normalized spacial score (nSPS) is 47.1. The Morgan fingerprint density at radius 3 is 0.818 bits per heavy atom. The van der Waals surface area contributed by atoms with Gasteiger partial charge in [0, 0.05) is 0 Å². The maximum absolute atomic E-state index is 10.3. The highest BCUT2D eigenvalue weighted by Gasteiger charge is 2.47. The number of hydrogen-bond acceptors (Lipinski definition) is 7. The summed E-state index contributed by atoms with van der Waals surface area (Å²) in [7, 11) is 0. The summed E-state index contributed by atoms with van der Waals surface area (Å²) < 4.78 is 31.7. The summed E-state index contributed by atoms with van der Waals surface area (Å²) in [4.78, 5) is 0. The van der Waals surface area contributed by atoms with Crippen molar-refractivity contribution in [1.82, 2.24) is 0 Å². The fraction of sp³-hybridized carbons (Fsp3) is 1.00. The van der Waals surface area contributed by atoms with E-state index in [4.69, 9.17) is 23.7 Å². The molecular weight excluding hydrogens is 424 g/mol. The summed E-state index contributed by atoms with van der Waals surface area (Å²) in [5, 5.41) is 20.5. The van der Waals surface area contributed by atoms with Gasteiger partial charge in [-0.25, -0.2) is 0 Å². The highest BCUT2D eigenvalue weighted by molar-refractivity contribution is 4.96. The van der Waals surface area contributed by atoms with E-state index in [0.717, 1.165) is 64.2 Å². The molecule has 0 aromatic heterocycles. The van der Waals surface area contributed by atoms with Gasteiger partial charge >= 0.3 is 0 Å². The molecule has 5 rings (SSSR count). The van der Waals surface area contributed by atoms with Crippen LogP contribution in [0.15, 0.2) is 0 Å². The van der Waals surface area contributed by atoms with Crippen molar-refractivity contribution in [3.05, 3.63) is 0 Å². The number of aliphatic hydroxyl groups is 2. The fourth-order valence-corrected chi connectivity index (χ4v) is 6.62. The third-order valence-corrected chi connectivity index (χ3v) is 8.60. The van der Waals surface area contributed by atoms with Gasteiger partial charge in [0.1, 0.15) is 0 Å². The van der Waals surface area contributed by atoms with Crippen LogP contribution in [-0.4, -0.2) is 82.5 Å². The average molecular weight is 469 g/mol. The first-order valence-electron chi connectivity index (χ1n) is 13.3. The zero-order valence-electron chi connectivity index (χ0n) is 20.8. The topological polar surface area (TPSA) is 86.6 Å². The molecule has 190 valence electrons. The van der Waals surface area contributed by atoms with Crippen LogP contribution in [-0.2, 0) is 23.7 Å². The van der Waals surface area contributed by atoms with Crippen LogP contribution in [0.1, 0.15) is 91.9 Å². The van der Waals surface area contributed by atoms with E-state index in [9.17, 15) is 10.2 Å². The monoisotopic (exact) mass is 468 g/mol. The lowest BCUT2D eigenvalue weighted by Gasteiger charge is -2.28. The van der Waals surface area contributed by atoms with Crippen molar-refractivity contribution in [2.75, 3.05) is 0 Å². The van der Waals surface area contributed by atoms with Gasteiger partial charge in [-0.05, 0) is 91.9 Å². The number of ether oxygens (including phenoxy) is 5. The summed E-state index contributed by atoms with van der Waals surface area (Å²) in [6, 6.07) is 0. The molecule has 0 spiro atoms. The quantitative estimate of drug-likeness (QED) is 0.619. The van der Waals surface area contributed by atoms with Crippen LogP contribution in [0.4, 0.5) is 0 Å². The Kier molecular flexibility index (Phi) is 6.88. The first-order chi connectivity index (χ1) is 15.6. The number of hydrogen-bond donors (Lipinski definition) is 2. The minimum atomic E-state index is -0.799. The van der Waals surface area contributed by atoms with Gasteiger partial charge in [-0.15, -0.1) is 0 Å². The van der Waals surface area contributed by atoms with E-state index >= 15 is 0 Å². The van der Waals surface area contributed by atoms with Gasteiger partial charge in [0.25, 0.3) is 0 Å². The lowest BCUT2D eigenvalue weighted by atomic mass is 9.98. The lowest BCUT2D eigenvalue weighted by molar-refractivity contribution is -0.148. The molecule has 33 heavy (non-hydrogen) atoms. The highest BCUT2D eigenvalue weighted by Crippen LogP contribution is 2.41. The SMILES string of the molecule is CC(C)(O)[C@@H]1CC[C@H]([C@H]2CC[C@@H]([C@@H]3CC[C@H]([C@H]4CC[C@@H]([C@@H]5CC[C@H](C(C)(C)O)O5)O4)O3)O2)O1. The van der Waals surface area contributed by atoms with E-state index in [1.807, 2.05) is 27.7 Å². The molecule has 10 atom stereocenters. The highest BCUT2D eigenvalue weighted by atomic mass is 16.6. The molecule has 0 bridgehead atoms. The Morgan fingerprint density at radius 1 is 0.394 bits per heavy atom. The third-order valence-electron chi connectivity index (χ3n) is 8.60. The first-order valence-corrected chi connectivity index (χ1v) is 13.3. The first kappa shape index (κ1) is 24.4. The Labute approximate surface area is 198 Å². The molecule has 0 aromatic rings. The summed E-state index contributed by atoms with van der Waals surface area (Å²) in [6.07, 6.45) is 10.5. The summed E-state index contributed by atoms with van der Waals surface area (Å²) in [5.41, 5.74) is -1.60. The minimum absolute atomic E-state index is 0.0849. The molecule has 0 saturated carbocycles. The van der Waals surface area contributed by atoms with Crippen LogP contribution in [0.2, 0.25) is 0 Å². The fourth-order valence-electron chi connectivity index (χ4n) is 6.62. The Hall–Kier alpha value is -0.280. The van der Waals surface area contributed by atoms with Crippen LogP contribution in [0.25, 0.3) is 0 Å². The zero-order chi connectivity index (χ0) is 23.4. The zero-order valence-corrected chi connectivity index (χ0v) is 20.8. The van der Waals surface area contributed by atoms with Crippen molar-refractivity contribution in [2.45, 2.75) is 164 Å². The molecule has 7 heteroatoms. The van der Waals surface area contributed by atoms with Crippen molar-refractivity contribution >= 4 is 0 Å². The second-order valence-electron chi connectivity index (χ2n) is 12.2. The van der Waals surface area contributed by atoms with E-state index in [-0.39, 0.29) is 61.0 Å². The Balaban J connectivity index is 1.07. The second-order valence-corrected chi connectivity index (χ2v) is 12.2. The standard InChI is InChI=1S/C26H44O7/c1-25(2,27)23-13-11-21(32-23)19-9-7-17(30-19)15-5-6-16(29-15)18-8-10-20(31-18)22-12-14-24(33-22)26(3,4)28/h15-24,27-28H,5-14H2,1-4H3/t15-,16+,17-,18+,19+,20-,21+,22-,23-,24+. The number of rotatable bonds is 6. The predicted octanol–water partition coefficient (Wildman–Crippen LogP) is 3.27. The molecule has 0 aliphatic carbocycles. The summed E-state index contributed by atoms with van der Waals surface area (Å²) in [5.74, 6) is 0. The van der Waals surface area contributed by atoms with E-state index in [2.05, 4.69) is 0 Å². The molecule has 5 aliphatic rings. The Bertz CT molecular complexity index is 615. The smallest absolute Gasteiger partial charge is 0.0862 e. The van der Waals surface area contributed by atoms with Gasteiger partial charge in [0.05, 0.1) is 72.2 Å². The van der Waals surface area contributed by atoms with Crippen LogP contribution in [0.3, 0.4) is 0 Å². The molecule has 2 N–H and O–H groups in total. The minimum Gasteiger partial charge on any atom is -0.388 e. The molecule has 0 unspecified atom stereocenters. The van der Waals surface area contributed by atoms with Gasteiger partial charge in [0.15, 0.2) is 0 Å². The van der Waals surface area contributed by atoms with E-state index in [1.165, 1.54) is 0 Å².